The Morgan fingerprint density at radius 1 is 0.273 bits per heavy atom. The van der Waals surface area contributed by atoms with Gasteiger partial charge in [0.1, 0.15) is 0 Å². The van der Waals surface area contributed by atoms with Crippen molar-refractivity contribution < 1.29 is 0 Å². The van der Waals surface area contributed by atoms with Gasteiger partial charge in [-0.2, -0.15) is 0 Å². The molecule has 0 aliphatic heterocycles. The molecule has 7 aliphatic carbocycles. The molecule has 0 amide bonds. The molecule has 14 atom stereocenters. The van der Waals surface area contributed by atoms with E-state index >= 15 is 0 Å². The molecular formula is C75H154Si2. The molecule has 14 unspecified atom stereocenters. The maximum Gasteiger partial charge on any atom is 0.0474 e. The minimum Gasteiger partial charge on any atom is -0.0693 e. The van der Waals surface area contributed by atoms with Gasteiger partial charge in [0.05, 0.1) is 0 Å². The smallest absolute Gasteiger partial charge is 0.0474 e. The van der Waals surface area contributed by atoms with Gasteiger partial charge in [0.15, 0.2) is 0 Å². The predicted octanol–water partition coefficient (Wildman–Crippen LogP) is 26.7. The average molecular weight is 1110 g/mol. The first-order chi connectivity index (χ1) is 35.0. The van der Waals surface area contributed by atoms with Crippen LogP contribution in [0.5, 0.6) is 0 Å². The first-order valence-corrected chi connectivity index (χ1v) is 42.1. The predicted molar refractivity (Wildman–Crippen MR) is 362 cm³/mol. The third-order valence-corrected chi connectivity index (χ3v) is 31.1. The van der Waals surface area contributed by atoms with Crippen LogP contribution in [0.4, 0.5) is 0 Å². The molecule has 0 spiro atoms. The molecule has 77 heavy (non-hydrogen) atoms. The molecule has 7 fully saturated rings. The lowest BCUT2D eigenvalue weighted by Gasteiger charge is -2.33. The van der Waals surface area contributed by atoms with E-state index in [4.69, 9.17) is 0 Å². The standard InChI is InChI=1S/2C12H24.2C11H22.C10H22Si.C10H20.C9H20Si/c1-6-12(4,5)11-7-9(2)10(3)8-11;1-5-12(4,6-2)11-8-7-10(3)9-11;1-8-6-10(7-9(8)2)11(3,4)5;1-5-11(3,4)10-7-6-9(2)8-10;1-8-6-10(7-9(8)2)11(3,4)5;2*1-8-5-6-9(7-8)10(2,3)4/h9-11H,6-8H2,1-5H3;10-11H,5-9H2,1-4H3;8-10H,6-7H2,1-5H3;9-10H,5-8H2,1-4H3;8-10H,6-7H2,1-5H3;2*8-9H,5-7H2,1-4H3. The lowest BCUT2D eigenvalue weighted by Crippen LogP contribution is -2.26. The van der Waals surface area contributed by atoms with Crippen LogP contribution < -0.4 is 0 Å². The van der Waals surface area contributed by atoms with Crippen molar-refractivity contribution in [3.05, 3.63) is 0 Å². The van der Waals surface area contributed by atoms with Crippen LogP contribution in [0, 0.1) is 116 Å². The number of hydrogen-bond donors (Lipinski definition) is 0. The highest BCUT2D eigenvalue weighted by Gasteiger charge is 2.40. The molecule has 462 valence electrons. The van der Waals surface area contributed by atoms with Crippen molar-refractivity contribution in [3.63, 3.8) is 0 Å². The fourth-order valence-electron chi connectivity index (χ4n) is 15.6. The molecule has 0 aromatic rings. The maximum absolute atomic E-state index is 2.52. The molecule has 2 heteroatoms. The van der Waals surface area contributed by atoms with Crippen LogP contribution in [0.25, 0.3) is 0 Å². The van der Waals surface area contributed by atoms with E-state index in [9.17, 15) is 0 Å². The lowest BCUT2D eigenvalue weighted by atomic mass is 9.72. The summed E-state index contributed by atoms with van der Waals surface area (Å²) in [6.45, 7) is 74.9. The van der Waals surface area contributed by atoms with Gasteiger partial charge >= 0.3 is 0 Å². The van der Waals surface area contributed by atoms with Crippen molar-refractivity contribution in [2.24, 2.45) is 116 Å². The van der Waals surface area contributed by atoms with Gasteiger partial charge in [0, 0.05) is 16.1 Å². The van der Waals surface area contributed by atoms with Gasteiger partial charge in [-0.05, 0) is 204 Å². The van der Waals surface area contributed by atoms with Gasteiger partial charge < -0.3 is 0 Å². The second kappa shape index (κ2) is 32.6. The summed E-state index contributed by atoms with van der Waals surface area (Å²) in [4.78, 5) is 0. The maximum atomic E-state index is 2.52. The van der Waals surface area contributed by atoms with Gasteiger partial charge in [0.25, 0.3) is 0 Å². The molecule has 0 heterocycles. The van der Waals surface area contributed by atoms with E-state index in [2.05, 4.69) is 212 Å². The monoisotopic (exact) mass is 1110 g/mol. The Morgan fingerprint density at radius 2 is 0.558 bits per heavy atom. The molecule has 0 nitrogen and oxygen atoms in total. The summed E-state index contributed by atoms with van der Waals surface area (Å²) in [5, 5.41) is 0. The van der Waals surface area contributed by atoms with Crippen molar-refractivity contribution in [1.29, 1.82) is 0 Å². The molecule has 0 aromatic heterocycles. The summed E-state index contributed by atoms with van der Waals surface area (Å²) in [7, 11) is -1.57. The van der Waals surface area contributed by atoms with Crippen LogP contribution in [-0.4, -0.2) is 16.1 Å². The minimum atomic E-state index is -0.808. The summed E-state index contributed by atoms with van der Waals surface area (Å²) in [5.41, 5.74) is 5.16. The van der Waals surface area contributed by atoms with E-state index in [0.717, 1.165) is 99.9 Å². The molecule has 0 aromatic carbocycles. The van der Waals surface area contributed by atoms with Gasteiger partial charge in [0.2, 0.25) is 0 Å². The van der Waals surface area contributed by atoms with Crippen LogP contribution in [0.15, 0.2) is 0 Å². The van der Waals surface area contributed by atoms with Crippen LogP contribution in [-0.2, 0) is 0 Å². The summed E-state index contributed by atoms with van der Waals surface area (Å²) in [5.74, 6) is 14.8. The van der Waals surface area contributed by atoms with Gasteiger partial charge in [-0.1, -0.05) is 277 Å². The van der Waals surface area contributed by atoms with Crippen molar-refractivity contribution >= 4 is 16.1 Å². The Hall–Kier alpha value is 0.434. The van der Waals surface area contributed by atoms with Crippen LogP contribution in [0.1, 0.15) is 314 Å². The van der Waals surface area contributed by atoms with E-state index < -0.39 is 16.1 Å². The third-order valence-electron chi connectivity index (χ3n) is 25.2. The zero-order chi connectivity index (χ0) is 59.9. The van der Waals surface area contributed by atoms with E-state index in [1.165, 1.54) is 141 Å². The topological polar surface area (TPSA) is 0 Å². The Labute approximate surface area is 494 Å². The first-order valence-electron chi connectivity index (χ1n) is 35.0. The molecule has 0 radical (unpaired) electrons. The van der Waals surface area contributed by atoms with Crippen LogP contribution >= 0.6 is 0 Å². The van der Waals surface area contributed by atoms with E-state index in [1.807, 2.05) is 0 Å². The summed E-state index contributed by atoms with van der Waals surface area (Å²) in [6.07, 6.45) is 32.0. The molecular weight excluding hydrogens is 957 g/mol. The number of hydrogen-bond acceptors (Lipinski definition) is 0. The summed E-state index contributed by atoms with van der Waals surface area (Å²) < 4.78 is 0. The zero-order valence-electron chi connectivity index (χ0n) is 59.9. The summed E-state index contributed by atoms with van der Waals surface area (Å²) >= 11 is 0. The summed E-state index contributed by atoms with van der Waals surface area (Å²) in [6, 6.07) is 0. The Morgan fingerprint density at radius 3 is 0.779 bits per heavy atom. The van der Waals surface area contributed by atoms with Crippen molar-refractivity contribution in [2.75, 3.05) is 0 Å². The van der Waals surface area contributed by atoms with E-state index in [0.29, 0.717) is 27.1 Å². The second-order valence-electron chi connectivity index (χ2n) is 36.3. The third kappa shape index (κ3) is 26.5. The Balaban J connectivity index is 0.000000450. The minimum absolute atomic E-state index is 0.541. The van der Waals surface area contributed by atoms with Crippen molar-refractivity contribution in [1.82, 2.24) is 0 Å². The molecule has 7 aliphatic rings. The Bertz CT molecular complexity index is 1440. The largest absolute Gasteiger partial charge is 0.0693 e. The Kier molecular flexibility index (Phi) is 32.0. The molecule has 0 N–H and O–H groups in total. The van der Waals surface area contributed by atoms with Gasteiger partial charge in [-0.15, -0.1) is 0 Å². The fraction of sp³-hybridized carbons (Fsp3) is 1.00. The van der Waals surface area contributed by atoms with Crippen LogP contribution in [0.3, 0.4) is 0 Å². The second-order valence-corrected chi connectivity index (χ2v) is 47.4. The fourth-order valence-corrected chi connectivity index (χ4v) is 19.9. The highest BCUT2D eigenvalue weighted by atomic mass is 28.3. The van der Waals surface area contributed by atoms with Crippen molar-refractivity contribution in [2.45, 2.75) is 365 Å². The normalized spacial score (nSPS) is 35.6. The van der Waals surface area contributed by atoms with Gasteiger partial charge in [-0.25, -0.2) is 0 Å². The molecule has 7 saturated carbocycles. The highest BCUT2D eigenvalue weighted by molar-refractivity contribution is 6.78. The molecule has 0 saturated heterocycles. The highest BCUT2D eigenvalue weighted by Crippen LogP contribution is 2.50. The lowest BCUT2D eigenvalue weighted by molar-refractivity contribution is 0.168. The van der Waals surface area contributed by atoms with E-state index in [-0.39, 0.29) is 0 Å². The van der Waals surface area contributed by atoms with E-state index in [1.54, 1.807) is 0 Å². The molecule has 0 bridgehead atoms. The average Bonchev–Trinajstić information content (AvgIpc) is 4.21. The quantitative estimate of drug-likeness (QED) is 0.202. The van der Waals surface area contributed by atoms with Crippen molar-refractivity contribution in [3.8, 4) is 0 Å². The molecule has 7 rings (SSSR count). The zero-order valence-corrected chi connectivity index (χ0v) is 61.9. The van der Waals surface area contributed by atoms with Gasteiger partial charge in [-0.3, -0.25) is 0 Å². The first kappa shape index (κ1) is 75.4. The number of rotatable bonds is 9. The van der Waals surface area contributed by atoms with Crippen LogP contribution in [0.2, 0.25) is 50.4 Å². The SMILES string of the molecule is CC1CC(C(C)(C)C)CC1C.CC1CC([Si](C)(C)C)CC1C.CC1CCC(C(C)(C)C)C1.CC1CCC([Si](C)(C)C)C1.CCC(C)(C)C1CC(C)C(C)C1.CCC(C)(C)C1CCC(C)C1.CCC(C)(CC)C1CCC(C)C1.